The van der Waals surface area contributed by atoms with Crippen LogP contribution in [0.1, 0.15) is 44.2 Å². The minimum Gasteiger partial charge on any atom is -0.383 e. The van der Waals surface area contributed by atoms with Gasteiger partial charge in [0.25, 0.3) is 0 Å². The fourth-order valence-electron chi connectivity index (χ4n) is 2.54. The number of anilines is 1. The summed E-state index contributed by atoms with van der Waals surface area (Å²) in [6.07, 6.45) is 0.273. The summed E-state index contributed by atoms with van der Waals surface area (Å²) in [5.41, 5.74) is 3.10. The second-order valence-corrected chi connectivity index (χ2v) is 5.93. The van der Waals surface area contributed by atoms with Crippen LogP contribution in [-0.4, -0.2) is 38.6 Å². The van der Waals surface area contributed by atoms with Crippen LogP contribution in [0.4, 0.5) is 5.69 Å². The van der Waals surface area contributed by atoms with Gasteiger partial charge in [0.05, 0.1) is 6.61 Å². The van der Waals surface area contributed by atoms with Crippen LogP contribution in [0.2, 0.25) is 0 Å². The van der Waals surface area contributed by atoms with Gasteiger partial charge in [0.15, 0.2) is 0 Å². The lowest BCUT2D eigenvalue weighted by Gasteiger charge is -2.27. The molecule has 23 heavy (non-hydrogen) atoms. The van der Waals surface area contributed by atoms with E-state index < -0.39 is 0 Å². The molecule has 0 spiro atoms. The second kappa shape index (κ2) is 9.30. The maximum atomic E-state index is 12.1. The summed E-state index contributed by atoms with van der Waals surface area (Å²) in [4.78, 5) is 25.7. The highest BCUT2D eigenvalue weighted by Gasteiger charge is 2.19. The molecule has 128 valence electrons. The average molecular weight is 320 g/mol. The SMILES string of the molecule is COCCNC(=O)CCN(C(C)=O)c1c(C)cccc1C(C)C. The molecule has 1 aromatic carbocycles. The highest BCUT2D eigenvalue weighted by Crippen LogP contribution is 2.31. The molecule has 0 aliphatic carbocycles. The van der Waals surface area contributed by atoms with Crippen LogP contribution in [0.3, 0.4) is 0 Å². The lowest BCUT2D eigenvalue weighted by Crippen LogP contribution is -2.35. The molecule has 1 N–H and O–H groups in total. The molecular formula is C18H28N2O3. The standard InChI is InChI=1S/C18H28N2O3/c1-13(2)16-8-6-7-14(3)18(16)20(15(4)21)11-9-17(22)19-10-12-23-5/h6-8,13H,9-12H2,1-5H3,(H,19,22). The number of benzene rings is 1. The quantitative estimate of drug-likeness (QED) is 0.749. The molecule has 0 bridgehead atoms. The number of aryl methyl sites for hydroxylation is 1. The lowest BCUT2D eigenvalue weighted by molar-refractivity contribution is -0.121. The summed E-state index contributed by atoms with van der Waals surface area (Å²) < 4.78 is 4.90. The van der Waals surface area contributed by atoms with E-state index in [9.17, 15) is 9.59 Å². The summed E-state index contributed by atoms with van der Waals surface area (Å²) >= 11 is 0. The van der Waals surface area contributed by atoms with Gasteiger partial charge in [0.1, 0.15) is 0 Å². The Morgan fingerprint density at radius 2 is 2.00 bits per heavy atom. The Labute approximate surface area is 139 Å². The van der Waals surface area contributed by atoms with Gasteiger partial charge in [0, 0.05) is 39.2 Å². The number of nitrogens with one attached hydrogen (secondary N) is 1. The molecule has 5 nitrogen and oxygen atoms in total. The van der Waals surface area contributed by atoms with Crippen molar-refractivity contribution in [3.05, 3.63) is 29.3 Å². The van der Waals surface area contributed by atoms with Gasteiger partial charge in [-0.2, -0.15) is 0 Å². The van der Waals surface area contributed by atoms with Crippen LogP contribution in [0.15, 0.2) is 18.2 Å². The molecule has 0 radical (unpaired) electrons. The molecule has 0 saturated carbocycles. The molecule has 0 fully saturated rings. The number of hydrogen-bond acceptors (Lipinski definition) is 3. The molecule has 5 heteroatoms. The molecule has 0 atom stereocenters. The lowest BCUT2D eigenvalue weighted by atomic mass is 9.97. The summed E-state index contributed by atoms with van der Waals surface area (Å²) in [6, 6.07) is 6.04. The molecule has 0 heterocycles. The Morgan fingerprint density at radius 1 is 1.30 bits per heavy atom. The fraction of sp³-hybridized carbons (Fsp3) is 0.556. The van der Waals surface area contributed by atoms with E-state index in [-0.39, 0.29) is 18.2 Å². The van der Waals surface area contributed by atoms with Gasteiger partial charge in [0.2, 0.25) is 11.8 Å². The van der Waals surface area contributed by atoms with Crippen molar-refractivity contribution in [2.75, 3.05) is 31.7 Å². The molecular weight excluding hydrogens is 292 g/mol. The first-order valence-electron chi connectivity index (χ1n) is 8.01. The van der Waals surface area contributed by atoms with Gasteiger partial charge in [-0.05, 0) is 24.0 Å². The maximum absolute atomic E-state index is 12.1. The third-order valence-corrected chi connectivity index (χ3v) is 3.73. The summed E-state index contributed by atoms with van der Waals surface area (Å²) in [7, 11) is 1.59. The fourth-order valence-corrected chi connectivity index (χ4v) is 2.54. The van der Waals surface area contributed by atoms with Gasteiger partial charge in [-0.15, -0.1) is 0 Å². The Hall–Kier alpha value is -1.88. The molecule has 2 amide bonds. The van der Waals surface area contributed by atoms with Gasteiger partial charge in [-0.1, -0.05) is 32.0 Å². The summed E-state index contributed by atoms with van der Waals surface area (Å²) in [5, 5.41) is 2.78. The number of amides is 2. The van der Waals surface area contributed by atoms with Crippen LogP contribution < -0.4 is 10.2 Å². The minimum atomic E-state index is -0.0759. The third kappa shape index (κ3) is 5.67. The van der Waals surface area contributed by atoms with Crippen molar-refractivity contribution in [3.8, 4) is 0 Å². The van der Waals surface area contributed by atoms with Gasteiger partial charge in [-0.25, -0.2) is 0 Å². The van der Waals surface area contributed by atoms with E-state index in [1.165, 1.54) is 0 Å². The van der Waals surface area contributed by atoms with Crippen molar-refractivity contribution in [1.29, 1.82) is 0 Å². The molecule has 0 aliphatic heterocycles. The highest BCUT2D eigenvalue weighted by atomic mass is 16.5. The number of ether oxygens (including phenoxy) is 1. The van der Waals surface area contributed by atoms with Crippen LogP contribution in [-0.2, 0) is 14.3 Å². The average Bonchev–Trinajstić information content (AvgIpc) is 2.48. The number of methoxy groups -OCH3 is 1. The first-order chi connectivity index (χ1) is 10.9. The zero-order valence-corrected chi connectivity index (χ0v) is 14.8. The van der Waals surface area contributed by atoms with Gasteiger partial charge >= 0.3 is 0 Å². The van der Waals surface area contributed by atoms with E-state index in [0.717, 1.165) is 16.8 Å². The summed E-state index contributed by atoms with van der Waals surface area (Å²) in [6.45, 7) is 9.09. The van der Waals surface area contributed by atoms with Crippen molar-refractivity contribution in [1.82, 2.24) is 5.32 Å². The molecule has 0 saturated heterocycles. The number of carbonyl (C=O) groups is 2. The Kier molecular flexibility index (Phi) is 7.75. The normalized spacial score (nSPS) is 10.7. The number of hydrogen-bond donors (Lipinski definition) is 1. The number of para-hydroxylation sites is 1. The van der Waals surface area contributed by atoms with E-state index in [1.54, 1.807) is 18.9 Å². The monoisotopic (exact) mass is 320 g/mol. The van der Waals surface area contributed by atoms with Crippen molar-refractivity contribution in [3.63, 3.8) is 0 Å². The van der Waals surface area contributed by atoms with E-state index in [4.69, 9.17) is 4.74 Å². The Bertz CT molecular complexity index is 541. The molecule has 0 aliphatic rings. The topological polar surface area (TPSA) is 58.6 Å². The van der Waals surface area contributed by atoms with Gasteiger partial charge in [-0.3, -0.25) is 9.59 Å². The zero-order valence-electron chi connectivity index (χ0n) is 14.8. The van der Waals surface area contributed by atoms with Crippen molar-refractivity contribution in [2.45, 2.75) is 40.0 Å². The largest absolute Gasteiger partial charge is 0.383 e. The first kappa shape index (κ1) is 19.2. The third-order valence-electron chi connectivity index (χ3n) is 3.73. The molecule has 0 aromatic heterocycles. The first-order valence-corrected chi connectivity index (χ1v) is 8.01. The zero-order chi connectivity index (χ0) is 17.4. The number of nitrogens with zero attached hydrogens (tertiary/aromatic N) is 1. The van der Waals surface area contributed by atoms with Gasteiger partial charge < -0.3 is 15.0 Å². The van der Waals surface area contributed by atoms with E-state index in [2.05, 4.69) is 19.2 Å². The Morgan fingerprint density at radius 3 is 2.57 bits per heavy atom. The maximum Gasteiger partial charge on any atom is 0.223 e. The number of rotatable bonds is 8. The minimum absolute atomic E-state index is 0.0501. The predicted octanol–water partition coefficient (Wildman–Crippen LogP) is 2.62. The Balaban J connectivity index is 2.88. The van der Waals surface area contributed by atoms with Crippen molar-refractivity contribution in [2.24, 2.45) is 0 Å². The van der Waals surface area contributed by atoms with Crippen molar-refractivity contribution >= 4 is 17.5 Å². The predicted molar refractivity (Wildman–Crippen MR) is 92.8 cm³/mol. The van der Waals surface area contributed by atoms with Crippen LogP contribution >= 0.6 is 0 Å². The van der Waals surface area contributed by atoms with E-state index >= 15 is 0 Å². The van der Waals surface area contributed by atoms with Crippen LogP contribution in [0.5, 0.6) is 0 Å². The van der Waals surface area contributed by atoms with Crippen LogP contribution in [0, 0.1) is 6.92 Å². The summed E-state index contributed by atoms with van der Waals surface area (Å²) in [5.74, 6) is 0.182. The van der Waals surface area contributed by atoms with E-state index in [0.29, 0.717) is 25.6 Å². The smallest absolute Gasteiger partial charge is 0.223 e. The molecule has 1 aromatic rings. The van der Waals surface area contributed by atoms with E-state index in [1.807, 2.05) is 25.1 Å². The van der Waals surface area contributed by atoms with Crippen molar-refractivity contribution < 1.29 is 14.3 Å². The molecule has 0 unspecified atom stereocenters. The van der Waals surface area contributed by atoms with Crippen LogP contribution in [0.25, 0.3) is 0 Å². The number of carbonyl (C=O) groups excluding carboxylic acids is 2. The highest BCUT2D eigenvalue weighted by molar-refractivity contribution is 5.94. The second-order valence-electron chi connectivity index (χ2n) is 5.93. The molecule has 1 rings (SSSR count).